The lowest BCUT2D eigenvalue weighted by atomic mass is 9.77. The van der Waals surface area contributed by atoms with Crippen LogP contribution in [0.4, 0.5) is 0 Å². The molecule has 0 N–H and O–H groups in total. The molecule has 7 nitrogen and oxygen atoms in total. The summed E-state index contributed by atoms with van der Waals surface area (Å²) >= 11 is 0. The Bertz CT molecular complexity index is 1230. The summed E-state index contributed by atoms with van der Waals surface area (Å²) in [5, 5.41) is 0. The van der Waals surface area contributed by atoms with Crippen molar-refractivity contribution in [2.24, 2.45) is 0 Å². The fraction of sp³-hybridized carbons (Fsp3) is 0.400. The van der Waals surface area contributed by atoms with Crippen molar-refractivity contribution in [1.82, 2.24) is 24.4 Å². The Balaban J connectivity index is 1.41. The lowest BCUT2D eigenvalue weighted by molar-refractivity contribution is -0.134. The van der Waals surface area contributed by atoms with Crippen LogP contribution in [0.3, 0.4) is 0 Å². The van der Waals surface area contributed by atoms with Crippen molar-refractivity contribution < 1.29 is 4.79 Å². The largest absolute Gasteiger partial charge is 0.348 e. The number of piperidine rings is 1. The van der Waals surface area contributed by atoms with Gasteiger partial charge in [-0.1, -0.05) is 30.3 Å². The van der Waals surface area contributed by atoms with Gasteiger partial charge in [0.15, 0.2) is 5.82 Å². The minimum absolute atomic E-state index is 0.0277. The van der Waals surface area contributed by atoms with Crippen LogP contribution in [-0.4, -0.2) is 43.4 Å². The van der Waals surface area contributed by atoms with Gasteiger partial charge in [-0.25, -0.2) is 14.8 Å². The number of hydrogen-bond acceptors (Lipinski definition) is 5. The minimum atomic E-state index is -0.367. The Hall–Kier alpha value is -3.35. The SMILES string of the molecule is Cc1cc(C)n(CC(=O)N2CCCC3(CCc4cnc(-c5ccccc5)nc43)C2)c(=O)n1. The molecule has 0 radical (unpaired) electrons. The molecule has 5 rings (SSSR count). The monoisotopic (exact) mass is 429 g/mol. The molecule has 1 atom stereocenters. The van der Waals surface area contributed by atoms with Gasteiger partial charge in [0.1, 0.15) is 6.54 Å². The number of carbonyl (C=O) groups is 1. The van der Waals surface area contributed by atoms with Gasteiger partial charge >= 0.3 is 5.69 Å². The van der Waals surface area contributed by atoms with Crippen molar-refractivity contribution in [3.05, 3.63) is 75.7 Å². The van der Waals surface area contributed by atoms with Gasteiger partial charge in [-0.3, -0.25) is 9.36 Å². The number of aromatic nitrogens is 4. The van der Waals surface area contributed by atoms with Crippen LogP contribution in [0.2, 0.25) is 0 Å². The molecule has 3 aromatic rings. The second-order valence-electron chi connectivity index (χ2n) is 9.04. The molecule has 1 aliphatic heterocycles. The van der Waals surface area contributed by atoms with Crippen molar-refractivity contribution in [2.75, 3.05) is 13.1 Å². The maximum absolute atomic E-state index is 13.2. The van der Waals surface area contributed by atoms with E-state index in [0.29, 0.717) is 18.8 Å². The van der Waals surface area contributed by atoms with Crippen molar-refractivity contribution in [3.63, 3.8) is 0 Å². The molecule has 1 fully saturated rings. The Morgan fingerprint density at radius 3 is 2.72 bits per heavy atom. The first-order chi connectivity index (χ1) is 15.4. The number of hydrogen-bond donors (Lipinski definition) is 0. The Labute approximate surface area is 187 Å². The quantitative estimate of drug-likeness (QED) is 0.640. The molecule has 3 heterocycles. The molecule has 2 aromatic heterocycles. The van der Waals surface area contributed by atoms with Crippen LogP contribution in [0, 0.1) is 13.8 Å². The predicted molar refractivity (Wildman–Crippen MR) is 121 cm³/mol. The highest BCUT2D eigenvalue weighted by Gasteiger charge is 2.44. The van der Waals surface area contributed by atoms with E-state index in [1.807, 2.05) is 54.4 Å². The molecule has 1 spiro atoms. The van der Waals surface area contributed by atoms with E-state index in [9.17, 15) is 9.59 Å². The highest BCUT2D eigenvalue weighted by Crippen LogP contribution is 2.44. The Kier molecular flexibility index (Phi) is 5.12. The first kappa shape index (κ1) is 20.5. The summed E-state index contributed by atoms with van der Waals surface area (Å²) in [7, 11) is 0. The number of amides is 1. The second-order valence-corrected chi connectivity index (χ2v) is 9.04. The topological polar surface area (TPSA) is 81.0 Å². The standard InChI is InChI=1S/C25H27N5O2/c1-17-13-18(2)30(24(32)27-17)15-21(31)29-12-6-10-25(16-29)11-9-20-14-26-23(28-22(20)25)19-7-4-3-5-8-19/h3-5,7-8,13-14H,6,9-12,15-16H2,1-2H3. The molecular formula is C25H27N5O2. The predicted octanol–water partition coefficient (Wildman–Crippen LogP) is 2.82. The Morgan fingerprint density at radius 2 is 1.94 bits per heavy atom. The van der Waals surface area contributed by atoms with Gasteiger partial charge in [0.25, 0.3) is 0 Å². The molecule has 32 heavy (non-hydrogen) atoms. The van der Waals surface area contributed by atoms with Gasteiger partial charge in [0.2, 0.25) is 5.91 Å². The smallest absolute Gasteiger partial charge is 0.340 e. The minimum Gasteiger partial charge on any atom is -0.340 e. The summed E-state index contributed by atoms with van der Waals surface area (Å²) in [5.74, 6) is 0.702. The summed E-state index contributed by atoms with van der Waals surface area (Å²) in [4.78, 5) is 41.0. The molecule has 1 aromatic carbocycles. The van der Waals surface area contributed by atoms with E-state index in [4.69, 9.17) is 4.98 Å². The van der Waals surface area contributed by atoms with Crippen LogP contribution in [0.1, 0.15) is 41.9 Å². The fourth-order valence-corrected chi connectivity index (χ4v) is 5.21. The maximum Gasteiger partial charge on any atom is 0.348 e. The summed E-state index contributed by atoms with van der Waals surface area (Å²) in [6.45, 7) is 5.01. The second kappa shape index (κ2) is 7.97. The first-order valence-electron chi connectivity index (χ1n) is 11.2. The average molecular weight is 430 g/mol. The Morgan fingerprint density at radius 1 is 1.12 bits per heavy atom. The van der Waals surface area contributed by atoms with Crippen LogP contribution in [0.5, 0.6) is 0 Å². The third-order valence-electron chi connectivity index (χ3n) is 6.84. The molecule has 7 heteroatoms. The van der Waals surface area contributed by atoms with Crippen molar-refractivity contribution in [1.29, 1.82) is 0 Å². The zero-order valence-electron chi connectivity index (χ0n) is 18.5. The van der Waals surface area contributed by atoms with Gasteiger partial charge in [-0.05, 0) is 51.2 Å². The third-order valence-corrected chi connectivity index (χ3v) is 6.84. The maximum atomic E-state index is 13.2. The van der Waals surface area contributed by atoms with Gasteiger partial charge in [-0.15, -0.1) is 0 Å². The molecule has 0 bridgehead atoms. The molecule has 1 saturated heterocycles. The molecule has 2 aliphatic rings. The fourth-order valence-electron chi connectivity index (χ4n) is 5.21. The van der Waals surface area contributed by atoms with E-state index in [0.717, 1.165) is 48.5 Å². The molecule has 1 unspecified atom stereocenters. The van der Waals surface area contributed by atoms with E-state index in [1.165, 1.54) is 10.1 Å². The zero-order chi connectivity index (χ0) is 22.3. The molecule has 1 aliphatic carbocycles. The number of nitrogens with zero attached hydrogens (tertiary/aromatic N) is 5. The molecule has 1 amide bonds. The lowest BCUT2D eigenvalue weighted by Gasteiger charge is -2.40. The van der Waals surface area contributed by atoms with Crippen molar-refractivity contribution in [3.8, 4) is 11.4 Å². The van der Waals surface area contributed by atoms with Crippen LogP contribution >= 0.6 is 0 Å². The van der Waals surface area contributed by atoms with E-state index >= 15 is 0 Å². The van der Waals surface area contributed by atoms with Crippen molar-refractivity contribution in [2.45, 2.75) is 51.5 Å². The number of rotatable bonds is 3. The zero-order valence-corrected chi connectivity index (χ0v) is 18.5. The third kappa shape index (κ3) is 3.61. The number of benzene rings is 1. The van der Waals surface area contributed by atoms with E-state index in [1.54, 1.807) is 6.92 Å². The van der Waals surface area contributed by atoms with Crippen LogP contribution < -0.4 is 5.69 Å². The normalized spacial score (nSPS) is 19.9. The molecular weight excluding hydrogens is 402 g/mol. The summed E-state index contributed by atoms with van der Waals surface area (Å²) in [6.07, 6.45) is 5.81. The average Bonchev–Trinajstić information content (AvgIpc) is 3.13. The highest BCUT2D eigenvalue weighted by molar-refractivity contribution is 5.76. The van der Waals surface area contributed by atoms with E-state index in [-0.39, 0.29) is 23.6 Å². The number of fused-ring (bicyclic) bond motifs is 2. The van der Waals surface area contributed by atoms with Crippen LogP contribution in [-0.2, 0) is 23.2 Å². The van der Waals surface area contributed by atoms with Gasteiger partial charge in [-0.2, -0.15) is 4.98 Å². The summed E-state index contributed by atoms with van der Waals surface area (Å²) in [5.41, 5.74) is 4.21. The van der Waals surface area contributed by atoms with Crippen molar-refractivity contribution >= 4 is 5.91 Å². The first-order valence-corrected chi connectivity index (χ1v) is 11.2. The van der Waals surface area contributed by atoms with Gasteiger partial charge in [0.05, 0.1) is 5.69 Å². The molecule has 0 saturated carbocycles. The lowest BCUT2D eigenvalue weighted by Crippen LogP contribution is -2.49. The van der Waals surface area contributed by atoms with E-state index < -0.39 is 0 Å². The van der Waals surface area contributed by atoms with Gasteiger partial charge in [0, 0.05) is 41.7 Å². The highest BCUT2D eigenvalue weighted by atomic mass is 16.2. The van der Waals surface area contributed by atoms with Gasteiger partial charge < -0.3 is 4.90 Å². The number of carbonyl (C=O) groups excluding carboxylic acids is 1. The summed E-state index contributed by atoms with van der Waals surface area (Å²) < 4.78 is 1.47. The van der Waals surface area contributed by atoms with Crippen LogP contribution in [0.25, 0.3) is 11.4 Å². The number of aryl methyl sites for hydroxylation is 3. The summed E-state index contributed by atoms with van der Waals surface area (Å²) in [6, 6.07) is 11.9. The molecule has 164 valence electrons. The van der Waals surface area contributed by atoms with Crippen LogP contribution in [0.15, 0.2) is 47.4 Å². The van der Waals surface area contributed by atoms with E-state index in [2.05, 4.69) is 9.97 Å². The number of likely N-dealkylation sites (tertiary alicyclic amines) is 1.